The van der Waals surface area contributed by atoms with E-state index >= 15 is 0 Å². The quantitative estimate of drug-likeness (QED) is 0.566. The standard InChI is InChI=1S/C15H30N2O/c1-4-18-15(12-7-8-12)14(17-16)13-6-5-10(2)11(3)9-13/h10-15,17H,4-9,16H2,1-3H3. The van der Waals surface area contributed by atoms with Crippen LogP contribution in [0.2, 0.25) is 0 Å². The third kappa shape index (κ3) is 3.25. The number of hydrogen-bond acceptors (Lipinski definition) is 3. The molecular weight excluding hydrogens is 224 g/mol. The predicted molar refractivity (Wildman–Crippen MR) is 74.9 cm³/mol. The molecule has 2 fully saturated rings. The van der Waals surface area contributed by atoms with Gasteiger partial charge in [-0.1, -0.05) is 20.3 Å². The van der Waals surface area contributed by atoms with Crippen LogP contribution in [0.5, 0.6) is 0 Å². The summed E-state index contributed by atoms with van der Waals surface area (Å²) >= 11 is 0. The average Bonchev–Trinajstić information content (AvgIpc) is 3.17. The summed E-state index contributed by atoms with van der Waals surface area (Å²) in [5.41, 5.74) is 3.09. The van der Waals surface area contributed by atoms with Gasteiger partial charge in [0.05, 0.1) is 12.1 Å². The van der Waals surface area contributed by atoms with E-state index in [0.717, 1.165) is 24.4 Å². The number of ether oxygens (including phenoxy) is 1. The van der Waals surface area contributed by atoms with Gasteiger partial charge in [0.1, 0.15) is 0 Å². The van der Waals surface area contributed by atoms with E-state index in [1.165, 1.54) is 32.1 Å². The van der Waals surface area contributed by atoms with Crippen molar-refractivity contribution in [3.8, 4) is 0 Å². The Hall–Kier alpha value is -0.120. The van der Waals surface area contributed by atoms with Crippen molar-refractivity contribution < 1.29 is 4.74 Å². The molecule has 0 heterocycles. The van der Waals surface area contributed by atoms with Gasteiger partial charge in [-0.05, 0) is 56.3 Å². The molecule has 0 radical (unpaired) electrons. The van der Waals surface area contributed by atoms with Crippen molar-refractivity contribution in [2.45, 2.75) is 65.0 Å². The Kier molecular flexibility index (Phi) is 5.05. The van der Waals surface area contributed by atoms with Crippen molar-refractivity contribution in [2.24, 2.45) is 29.5 Å². The van der Waals surface area contributed by atoms with Gasteiger partial charge in [0.25, 0.3) is 0 Å². The summed E-state index contributed by atoms with van der Waals surface area (Å²) in [6.07, 6.45) is 6.92. The van der Waals surface area contributed by atoms with Crippen LogP contribution >= 0.6 is 0 Å². The second-order valence-electron chi connectivity index (χ2n) is 6.48. The Morgan fingerprint density at radius 1 is 1.11 bits per heavy atom. The lowest BCUT2D eigenvalue weighted by Gasteiger charge is -2.39. The lowest BCUT2D eigenvalue weighted by molar-refractivity contribution is -0.00899. The predicted octanol–water partition coefficient (Wildman–Crippen LogP) is 2.71. The summed E-state index contributed by atoms with van der Waals surface area (Å²) in [5.74, 6) is 8.98. The maximum atomic E-state index is 5.99. The Labute approximate surface area is 112 Å². The number of hydrazine groups is 1. The smallest absolute Gasteiger partial charge is 0.0772 e. The molecule has 2 aliphatic carbocycles. The van der Waals surface area contributed by atoms with E-state index in [0.29, 0.717) is 18.1 Å². The molecular formula is C15H30N2O. The normalized spacial score (nSPS) is 36.3. The van der Waals surface area contributed by atoms with Crippen LogP contribution in [0.3, 0.4) is 0 Å². The Morgan fingerprint density at radius 2 is 1.78 bits per heavy atom. The SMILES string of the molecule is CCOC(C1CC1)C(NN)C1CCC(C)C(C)C1. The van der Waals surface area contributed by atoms with E-state index in [1.807, 2.05) is 0 Å². The maximum absolute atomic E-state index is 5.99. The zero-order chi connectivity index (χ0) is 13.1. The van der Waals surface area contributed by atoms with E-state index in [-0.39, 0.29) is 0 Å². The molecule has 2 rings (SSSR count). The minimum absolute atomic E-state index is 0.339. The van der Waals surface area contributed by atoms with E-state index < -0.39 is 0 Å². The Bertz CT molecular complexity index is 255. The molecule has 5 atom stereocenters. The molecule has 3 heteroatoms. The molecule has 0 aliphatic heterocycles. The highest BCUT2D eigenvalue weighted by molar-refractivity contribution is 4.94. The highest BCUT2D eigenvalue weighted by Crippen LogP contribution is 2.41. The molecule has 0 bridgehead atoms. The summed E-state index contributed by atoms with van der Waals surface area (Å²) in [5, 5.41) is 0. The van der Waals surface area contributed by atoms with Crippen LogP contribution in [-0.2, 0) is 4.74 Å². The molecule has 2 saturated carbocycles. The summed E-state index contributed by atoms with van der Waals surface area (Å²) in [6.45, 7) is 7.66. The number of nitrogens with one attached hydrogen (secondary N) is 1. The monoisotopic (exact) mass is 254 g/mol. The zero-order valence-electron chi connectivity index (χ0n) is 12.2. The zero-order valence-corrected chi connectivity index (χ0v) is 12.2. The molecule has 5 unspecified atom stereocenters. The first-order chi connectivity index (χ1) is 8.67. The number of rotatable bonds is 6. The molecule has 0 aromatic rings. The molecule has 0 spiro atoms. The minimum Gasteiger partial charge on any atom is -0.377 e. The van der Waals surface area contributed by atoms with E-state index in [1.54, 1.807) is 0 Å². The van der Waals surface area contributed by atoms with Crippen LogP contribution < -0.4 is 11.3 Å². The van der Waals surface area contributed by atoms with Gasteiger partial charge >= 0.3 is 0 Å². The van der Waals surface area contributed by atoms with Crippen LogP contribution in [0, 0.1) is 23.7 Å². The largest absolute Gasteiger partial charge is 0.377 e. The average molecular weight is 254 g/mol. The molecule has 0 saturated heterocycles. The molecule has 0 aromatic carbocycles. The molecule has 3 nitrogen and oxygen atoms in total. The van der Waals surface area contributed by atoms with Gasteiger partial charge in [0, 0.05) is 6.61 Å². The van der Waals surface area contributed by atoms with E-state index in [9.17, 15) is 0 Å². The minimum atomic E-state index is 0.339. The van der Waals surface area contributed by atoms with Crippen molar-refractivity contribution in [1.82, 2.24) is 5.43 Å². The Balaban J connectivity index is 1.97. The van der Waals surface area contributed by atoms with Crippen molar-refractivity contribution >= 4 is 0 Å². The lowest BCUT2D eigenvalue weighted by Crippen LogP contribution is -2.52. The highest BCUT2D eigenvalue weighted by atomic mass is 16.5. The van der Waals surface area contributed by atoms with Gasteiger partial charge < -0.3 is 4.74 Å². The summed E-state index contributed by atoms with van der Waals surface area (Å²) in [7, 11) is 0. The van der Waals surface area contributed by atoms with Gasteiger partial charge in [-0.15, -0.1) is 0 Å². The fourth-order valence-electron chi connectivity index (χ4n) is 3.56. The third-order valence-corrected chi connectivity index (χ3v) is 5.14. The first-order valence-electron chi connectivity index (χ1n) is 7.75. The van der Waals surface area contributed by atoms with Crippen LogP contribution in [-0.4, -0.2) is 18.8 Å². The topological polar surface area (TPSA) is 47.3 Å². The van der Waals surface area contributed by atoms with E-state index in [4.69, 9.17) is 10.6 Å². The molecule has 18 heavy (non-hydrogen) atoms. The lowest BCUT2D eigenvalue weighted by atomic mass is 9.72. The fourth-order valence-corrected chi connectivity index (χ4v) is 3.56. The number of nitrogens with two attached hydrogens (primary N) is 1. The van der Waals surface area contributed by atoms with Crippen LogP contribution in [0.1, 0.15) is 52.9 Å². The summed E-state index contributed by atoms with van der Waals surface area (Å²) in [4.78, 5) is 0. The Morgan fingerprint density at radius 3 is 2.28 bits per heavy atom. The van der Waals surface area contributed by atoms with Crippen molar-refractivity contribution in [3.63, 3.8) is 0 Å². The number of hydrogen-bond donors (Lipinski definition) is 2. The van der Waals surface area contributed by atoms with Crippen LogP contribution in [0.25, 0.3) is 0 Å². The first-order valence-corrected chi connectivity index (χ1v) is 7.75. The van der Waals surface area contributed by atoms with Crippen LogP contribution in [0.15, 0.2) is 0 Å². The van der Waals surface area contributed by atoms with E-state index in [2.05, 4.69) is 26.2 Å². The summed E-state index contributed by atoms with van der Waals surface area (Å²) in [6, 6.07) is 0.354. The van der Waals surface area contributed by atoms with Gasteiger partial charge in [0.15, 0.2) is 0 Å². The van der Waals surface area contributed by atoms with Gasteiger partial charge in [-0.25, -0.2) is 0 Å². The fraction of sp³-hybridized carbons (Fsp3) is 1.00. The van der Waals surface area contributed by atoms with Crippen molar-refractivity contribution in [1.29, 1.82) is 0 Å². The van der Waals surface area contributed by atoms with Crippen molar-refractivity contribution in [3.05, 3.63) is 0 Å². The molecule has 2 aliphatic rings. The second kappa shape index (κ2) is 6.36. The highest BCUT2D eigenvalue weighted by Gasteiger charge is 2.41. The molecule has 3 N–H and O–H groups in total. The second-order valence-corrected chi connectivity index (χ2v) is 6.48. The van der Waals surface area contributed by atoms with Gasteiger partial charge in [0.2, 0.25) is 0 Å². The maximum Gasteiger partial charge on any atom is 0.0772 e. The summed E-state index contributed by atoms with van der Waals surface area (Å²) < 4.78 is 5.99. The van der Waals surface area contributed by atoms with Gasteiger partial charge in [-0.2, -0.15) is 0 Å². The van der Waals surface area contributed by atoms with Crippen molar-refractivity contribution in [2.75, 3.05) is 6.61 Å². The van der Waals surface area contributed by atoms with Gasteiger partial charge in [-0.3, -0.25) is 11.3 Å². The first kappa shape index (κ1) is 14.3. The molecule has 0 aromatic heterocycles. The van der Waals surface area contributed by atoms with Crippen LogP contribution in [0.4, 0.5) is 0 Å². The third-order valence-electron chi connectivity index (χ3n) is 5.14. The molecule has 0 amide bonds. The molecule has 106 valence electrons.